The zero-order chi connectivity index (χ0) is 27.5. The summed E-state index contributed by atoms with van der Waals surface area (Å²) in [6.45, 7) is 4.62. The van der Waals surface area contributed by atoms with Crippen molar-refractivity contribution >= 4 is 49.5 Å². The van der Waals surface area contributed by atoms with Crippen LogP contribution >= 0.6 is 21.6 Å². The van der Waals surface area contributed by atoms with Gasteiger partial charge in [0.05, 0.1) is 23.5 Å². The molecule has 1 fully saturated rings. The molecule has 0 aliphatic carbocycles. The molecule has 0 aromatic heterocycles. The van der Waals surface area contributed by atoms with E-state index in [0.29, 0.717) is 18.1 Å². The van der Waals surface area contributed by atoms with Crippen LogP contribution in [0.15, 0.2) is 29.2 Å². The Morgan fingerprint density at radius 3 is 2.19 bits per heavy atom. The van der Waals surface area contributed by atoms with Gasteiger partial charge in [0.2, 0.25) is 10.0 Å². The van der Waals surface area contributed by atoms with Gasteiger partial charge in [-0.1, -0.05) is 27.7 Å². The zero-order valence-electron chi connectivity index (χ0n) is 19.4. The minimum Gasteiger partial charge on any atom is -0.481 e. The molecule has 204 valence electrons. The molecule has 1 amide bonds. The monoisotopic (exact) mass is 576 g/mol. The molecular weight excluding hydrogens is 549 g/mol. The number of nitrogens with one attached hydrogen (secondary N) is 1. The van der Waals surface area contributed by atoms with Gasteiger partial charge in [-0.15, -0.1) is 0 Å². The van der Waals surface area contributed by atoms with Crippen molar-refractivity contribution in [3.63, 3.8) is 0 Å². The molecule has 0 bridgehead atoms. The van der Waals surface area contributed by atoms with Crippen molar-refractivity contribution in [1.29, 1.82) is 0 Å². The lowest BCUT2D eigenvalue weighted by Crippen LogP contribution is -2.48. The van der Waals surface area contributed by atoms with E-state index in [2.05, 4.69) is 5.32 Å². The molecule has 2 rings (SSSR count). The summed E-state index contributed by atoms with van der Waals surface area (Å²) in [6.07, 6.45) is -5.36. The van der Waals surface area contributed by atoms with Crippen LogP contribution in [0.3, 0.4) is 0 Å². The Kier molecular flexibility index (Phi) is 13.0. The lowest BCUT2D eigenvalue weighted by Gasteiger charge is -2.34. The number of hydrogen-bond acceptors (Lipinski definition) is 8. The molecule has 3 N–H and O–H groups in total. The zero-order valence-corrected chi connectivity index (χ0v) is 21.8. The third-order valence-corrected chi connectivity index (χ3v) is 8.55. The van der Waals surface area contributed by atoms with E-state index in [4.69, 9.17) is 19.7 Å². The largest absolute Gasteiger partial charge is 0.490 e. The number of carboxylic acids is 2. The number of carbonyl (C=O) groups excluding carboxylic acids is 1. The first-order valence-corrected chi connectivity index (χ1v) is 14.4. The highest BCUT2D eigenvalue weighted by Crippen LogP contribution is 2.23. The van der Waals surface area contributed by atoms with Gasteiger partial charge in [-0.3, -0.25) is 9.59 Å². The number of carbonyl (C=O) groups is 3. The van der Waals surface area contributed by atoms with Crippen LogP contribution in [0.1, 0.15) is 30.6 Å². The smallest absolute Gasteiger partial charge is 0.481 e. The quantitative estimate of drug-likeness (QED) is 0.280. The minimum atomic E-state index is -5.08. The van der Waals surface area contributed by atoms with Crippen LogP contribution in [0.5, 0.6) is 0 Å². The summed E-state index contributed by atoms with van der Waals surface area (Å²) in [5.74, 6) is -2.80. The SMILES string of the molecule is CC1CN(S(=O)(=O)c2cccc(C(=O)NCCSSCCC(=O)O)c2)CC(C)O1.O=C(O)C(F)(F)F. The summed E-state index contributed by atoms with van der Waals surface area (Å²) in [5.41, 5.74) is 0.281. The number of rotatable bonds is 10. The van der Waals surface area contributed by atoms with E-state index in [-0.39, 0.29) is 48.1 Å². The van der Waals surface area contributed by atoms with E-state index in [1.165, 1.54) is 38.0 Å². The lowest BCUT2D eigenvalue weighted by molar-refractivity contribution is -0.192. The second-order valence-electron chi connectivity index (χ2n) is 7.45. The van der Waals surface area contributed by atoms with Crippen LogP contribution in [0, 0.1) is 0 Å². The van der Waals surface area contributed by atoms with Gasteiger partial charge < -0.3 is 20.3 Å². The summed E-state index contributed by atoms with van der Waals surface area (Å²) in [5, 5.41) is 18.5. The van der Waals surface area contributed by atoms with Gasteiger partial charge in [0, 0.05) is 36.7 Å². The molecular formula is C20H27F3N2O8S3. The first-order valence-electron chi connectivity index (χ1n) is 10.4. The number of amides is 1. The highest BCUT2D eigenvalue weighted by Gasteiger charge is 2.38. The number of nitrogens with zero attached hydrogens (tertiary/aromatic N) is 1. The highest BCUT2D eigenvalue weighted by molar-refractivity contribution is 8.76. The van der Waals surface area contributed by atoms with E-state index in [0.717, 1.165) is 0 Å². The van der Waals surface area contributed by atoms with Crippen molar-refractivity contribution in [3.8, 4) is 0 Å². The molecule has 0 radical (unpaired) electrons. The van der Waals surface area contributed by atoms with E-state index in [9.17, 15) is 31.2 Å². The predicted molar refractivity (Wildman–Crippen MR) is 128 cm³/mol. The number of hydrogen-bond donors (Lipinski definition) is 3. The van der Waals surface area contributed by atoms with Crippen LogP contribution < -0.4 is 5.32 Å². The van der Waals surface area contributed by atoms with Crippen LogP contribution in [0.2, 0.25) is 0 Å². The molecule has 1 aromatic carbocycles. The van der Waals surface area contributed by atoms with E-state index >= 15 is 0 Å². The summed E-state index contributed by atoms with van der Waals surface area (Å²) >= 11 is 0. The van der Waals surface area contributed by atoms with Crippen molar-refractivity contribution < 1.29 is 50.9 Å². The van der Waals surface area contributed by atoms with Crippen molar-refractivity contribution in [1.82, 2.24) is 9.62 Å². The molecule has 2 atom stereocenters. The molecule has 0 spiro atoms. The van der Waals surface area contributed by atoms with Crippen LogP contribution in [-0.2, 0) is 24.3 Å². The Morgan fingerprint density at radius 1 is 1.11 bits per heavy atom. The number of benzene rings is 1. The summed E-state index contributed by atoms with van der Waals surface area (Å²) in [4.78, 5) is 31.8. The fraction of sp³-hybridized carbons (Fsp3) is 0.550. The first kappa shape index (κ1) is 32.0. The minimum absolute atomic E-state index is 0.0880. The maximum Gasteiger partial charge on any atom is 0.490 e. The summed E-state index contributed by atoms with van der Waals surface area (Å²) in [6, 6.07) is 6.02. The maximum absolute atomic E-state index is 13.0. The molecule has 1 aliphatic rings. The number of alkyl halides is 3. The first-order chi connectivity index (χ1) is 16.6. The van der Waals surface area contributed by atoms with Gasteiger partial charge in [0.15, 0.2) is 0 Å². The molecule has 1 aliphatic heterocycles. The third-order valence-electron chi connectivity index (χ3n) is 4.32. The van der Waals surface area contributed by atoms with Gasteiger partial charge in [-0.25, -0.2) is 13.2 Å². The Labute approximate surface area is 214 Å². The van der Waals surface area contributed by atoms with E-state index in [1.54, 1.807) is 12.1 Å². The van der Waals surface area contributed by atoms with Crippen molar-refractivity contribution in [2.75, 3.05) is 31.1 Å². The number of ether oxygens (including phenoxy) is 1. The Hall–Kier alpha value is -2.01. The number of aliphatic carboxylic acids is 2. The van der Waals surface area contributed by atoms with Gasteiger partial charge in [0.25, 0.3) is 5.91 Å². The second-order valence-corrected chi connectivity index (χ2v) is 12.1. The third kappa shape index (κ3) is 11.4. The van der Waals surface area contributed by atoms with Crippen molar-refractivity contribution in [2.24, 2.45) is 0 Å². The molecule has 1 aromatic rings. The van der Waals surface area contributed by atoms with Crippen LogP contribution in [0.25, 0.3) is 0 Å². The normalized spacial score (nSPS) is 18.6. The van der Waals surface area contributed by atoms with Crippen LogP contribution in [-0.4, -0.2) is 90.3 Å². The summed E-state index contributed by atoms with van der Waals surface area (Å²) < 4.78 is 64.6. The summed E-state index contributed by atoms with van der Waals surface area (Å²) in [7, 11) is -0.785. The number of carboxylic acid groups (broad SMARTS) is 2. The Morgan fingerprint density at radius 2 is 1.67 bits per heavy atom. The molecule has 1 saturated heterocycles. The molecule has 10 nitrogen and oxygen atoms in total. The van der Waals surface area contributed by atoms with E-state index < -0.39 is 28.1 Å². The fourth-order valence-corrected chi connectivity index (χ4v) is 6.35. The van der Waals surface area contributed by atoms with Gasteiger partial charge in [-0.2, -0.15) is 17.5 Å². The Bertz CT molecular complexity index is 998. The average Bonchev–Trinajstić information content (AvgIpc) is 2.77. The number of halogens is 3. The number of morpholine rings is 1. The van der Waals surface area contributed by atoms with Gasteiger partial charge in [0.1, 0.15) is 0 Å². The second kappa shape index (κ2) is 14.7. The molecule has 2 unspecified atom stereocenters. The maximum atomic E-state index is 13.0. The average molecular weight is 577 g/mol. The topological polar surface area (TPSA) is 150 Å². The van der Waals surface area contributed by atoms with E-state index in [1.807, 2.05) is 13.8 Å². The molecule has 36 heavy (non-hydrogen) atoms. The standard InChI is InChI=1S/C18H26N2O6S3.C2HF3O2/c1-13-11-20(12-14(2)26-13)29(24,25)16-5-3-4-15(10-16)18(23)19-7-9-28-27-8-6-17(21)22;3-2(4,5)1(6)7/h3-5,10,13-14H,6-9,11-12H2,1-2H3,(H,19,23)(H,21,22);(H,6,7). The van der Waals surface area contributed by atoms with Crippen molar-refractivity contribution in [2.45, 2.75) is 43.5 Å². The molecule has 1 heterocycles. The molecule has 0 saturated carbocycles. The lowest BCUT2D eigenvalue weighted by atomic mass is 10.2. The fourth-order valence-electron chi connectivity index (χ4n) is 2.83. The highest BCUT2D eigenvalue weighted by atomic mass is 33.1. The van der Waals surface area contributed by atoms with Gasteiger partial charge >= 0.3 is 18.1 Å². The molecule has 16 heteroatoms. The van der Waals surface area contributed by atoms with Crippen LogP contribution in [0.4, 0.5) is 13.2 Å². The Balaban J connectivity index is 0.000000809. The predicted octanol–water partition coefficient (Wildman–Crippen LogP) is 2.70. The van der Waals surface area contributed by atoms with Crippen molar-refractivity contribution in [3.05, 3.63) is 29.8 Å². The van der Waals surface area contributed by atoms with Gasteiger partial charge in [-0.05, 0) is 32.0 Å². The number of sulfonamides is 1.